The van der Waals surface area contributed by atoms with Gasteiger partial charge in [-0.25, -0.2) is 8.42 Å². The Labute approximate surface area is 180 Å². The van der Waals surface area contributed by atoms with Crippen LogP contribution in [0.3, 0.4) is 0 Å². The number of aromatic nitrogens is 2. The lowest BCUT2D eigenvalue weighted by Gasteiger charge is -2.29. The molecule has 9 nitrogen and oxygen atoms in total. The minimum atomic E-state index is -3.78. The lowest BCUT2D eigenvalue weighted by atomic mass is 9.97. The van der Waals surface area contributed by atoms with Crippen molar-refractivity contribution in [2.24, 2.45) is 5.92 Å². The van der Waals surface area contributed by atoms with Crippen molar-refractivity contribution in [2.75, 3.05) is 25.5 Å². The highest BCUT2D eigenvalue weighted by Crippen LogP contribution is 2.29. The van der Waals surface area contributed by atoms with Crippen LogP contribution in [0.25, 0.3) is 11.5 Å². The van der Waals surface area contributed by atoms with E-state index in [9.17, 15) is 13.2 Å². The summed E-state index contributed by atoms with van der Waals surface area (Å²) in [6.45, 7) is 2.35. The standard InChI is InChI=1S/C21H24N4O5S/c1-14-13-18(24-23-14)19-7-8-20(30-19)31(27,28)25-11-9-15(10-12-25)21(26)22-16-3-5-17(29-2)6-4-16/h3-8,13,15H,9-12H2,1-2H3,(H,22,26)(H,23,24). The average molecular weight is 445 g/mol. The lowest BCUT2D eigenvalue weighted by molar-refractivity contribution is -0.120. The van der Waals surface area contributed by atoms with Gasteiger partial charge in [0.2, 0.25) is 11.0 Å². The Morgan fingerprint density at radius 3 is 2.52 bits per heavy atom. The van der Waals surface area contributed by atoms with Gasteiger partial charge in [0.05, 0.1) is 7.11 Å². The Balaban J connectivity index is 1.37. The molecule has 4 rings (SSSR count). The third kappa shape index (κ3) is 4.49. The summed E-state index contributed by atoms with van der Waals surface area (Å²) in [6.07, 6.45) is 0.876. The Kier molecular flexibility index (Phi) is 5.84. The summed E-state index contributed by atoms with van der Waals surface area (Å²) in [6, 6.07) is 11.9. The highest BCUT2D eigenvalue weighted by molar-refractivity contribution is 7.89. The van der Waals surface area contributed by atoms with Gasteiger partial charge in [-0.2, -0.15) is 9.40 Å². The number of methoxy groups -OCH3 is 1. The predicted molar refractivity (Wildman–Crippen MR) is 114 cm³/mol. The fourth-order valence-corrected chi connectivity index (χ4v) is 4.93. The molecule has 0 bridgehead atoms. The van der Waals surface area contributed by atoms with Gasteiger partial charge in [0.15, 0.2) is 5.76 Å². The number of benzene rings is 1. The van der Waals surface area contributed by atoms with Crippen LogP contribution in [-0.2, 0) is 14.8 Å². The molecule has 0 spiro atoms. The van der Waals surface area contributed by atoms with Gasteiger partial charge in [0.1, 0.15) is 11.4 Å². The number of ether oxygens (including phenoxy) is 1. The second-order valence-corrected chi connectivity index (χ2v) is 9.32. The van der Waals surface area contributed by atoms with Crippen molar-refractivity contribution in [1.82, 2.24) is 14.5 Å². The number of furan rings is 1. The number of hydrogen-bond acceptors (Lipinski definition) is 6. The summed E-state index contributed by atoms with van der Waals surface area (Å²) in [4.78, 5) is 12.6. The van der Waals surface area contributed by atoms with E-state index in [-0.39, 0.29) is 30.0 Å². The van der Waals surface area contributed by atoms with Crippen LogP contribution in [0.5, 0.6) is 5.75 Å². The topological polar surface area (TPSA) is 118 Å². The van der Waals surface area contributed by atoms with Crippen LogP contribution in [0.2, 0.25) is 0 Å². The number of sulfonamides is 1. The molecule has 10 heteroatoms. The van der Waals surface area contributed by atoms with E-state index in [0.717, 1.165) is 5.69 Å². The third-order valence-electron chi connectivity index (χ3n) is 5.32. The molecule has 31 heavy (non-hydrogen) atoms. The van der Waals surface area contributed by atoms with Gasteiger partial charge in [-0.1, -0.05) is 0 Å². The number of aryl methyl sites for hydroxylation is 1. The molecular formula is C21H24N4O5S. The van der Waals surface area contributed by atoms with Crippen molar-refractivity contribution in [3.8, 4) is 17.2 Å². The van der Waals surface area contributed by atoms with Gasteiger partial charge in [-0.15, -0.1) is 0 Å². The van der Waals surface area contributed by atoms with E-state index in [2.05, 4.69) is 15.5 Å². The summed E-state index contributed by atoms with van der Waals surface area (Å²) in [7, 11) is -2.19. The monoisotopic (exact) mass is 444 g/mol. The molecule has 1 fully saturated rings. The van der Waals surface area contributed by atoms with Gasteiger partial charge in [0.25, 0.3) is 10.0 Å². The molecule has 1 saturated heterocycles. The maximum Gasteiger partial charge on any atom is 0.276 e. The molecule has 3 aromatic rings. The second kappa shape index (κ2) is 8.56. The zero-order valence-corrected chi connectivity index (χ0v) is 18.1. The minimum absolute atomic E-state index is 0.114. The Bertz CT molecular complexity index is 1160. The summed E-state index contributed by atoms with van der Waals surface area (Å²) in [5.41, 5.74) is 2.08. The van der Waals surface area contributed by atoms with Crippen LogP contribution in [0, 0.1) is 12.8 Å². The number of anilines is 1. The number of nitrogens with one attached hydrogen (secondary N) is 2. The SMILES string of the molecule is COc1ccc(NC(=O)C2CCN(S(=O)(=O)c3ccc(-c4cc(C)[nH]n4)o3)CC2)cc1. The molecule has 1 aliphatic heterocycles. The fraction of sp³-hybridized carbons (Fsp3) is 0.333. The summed E-state index contributed by atoms with van der Waals surface area (Å²) < 4.78 is 38.0. The van der Waals surface area contributed by atoms with Gasteiger partial charge in [-0.05, 0) is 62.2 Å². The highest BCUT2D eigenvalue weighted by atomic mass is 32.2. The molecule has 1 amide bonds. The van der Waals surface area contributed by atoms with Gasteiger partial charge >= 0.3 is 0 Å². The van der Waals surface area contributed by atoms with Gasteiger partial charge in [-0.3, -0.25) is 9.89 Å². The molecule has 0 saturated carbocycles. The maximum absolute atomic E-state index is 13.0. The van der Waals surface area contributed by atoms with Crippen LogP contribution >= 0.6 is 0 Å². The smallest absolute Gasteiger partial charge is 0.276 e. The largest absolute Gasteiger partial charge is 0.497 e. The molecule has 0 unspecified atom stereocenters. The zero-order chi connectivity index (χ0) is 22.0. The number of nitrogens with zero attached hydrogens (tertiary/aromatic N) is 2. The molecule has 2 aromatic heterocycles. The van der Waals surface area contributed by atoms with Gasteiger partial charge in [0, 0.05) is 30.4 Å². The van der Waals surface area contributed by atoms with Crippen molar-refractivity contribution in [3.63, 3.8) is 0 Å². The predicted octanol–water partition coefficient (Wildman–Crippen LogP) is 3.03. The number of carbonyl (C=O) groups excluding carboxylic acids is 1. The maximum atomic E-state index is 13.0. The Morgan fingerprint density at radius 2 is 1.90 bits per heavy atom. The van der Waals surface area contributed by atoms with E-state index in [1.807, 2.05) is 6.92 Å². The lowest BCUT2D eigenvalue weighted by Crippen LogP contribution is -2.41. The first kappa shape index (κ1) is 21.1. The van der Waals surface area contributed by atoms with Crippen molar-refractivity contribution < 1.29 is 22.4 Å². The number of rotatable bonds is 6. The molecule has 0 radical (unpaired) electrons. The Morgan fingerprint density at radius 1 is 1.19 bits per heavy atom. The van der Waals surface area contributed by atoms with Crippen LogP contribution in [0.4, 0.5) is 5.69 Å². The quantitative estimate of drug-likeness (QED) is 0.603. The van der Waals surface area contributed by atoms with Gasteiger partial charge < -0.3 is 14.5 Å². The van der Waals surface area contributed by atoms with Crippen LogP contribution in [0.1, 0.15) is 18.5 Å². The minimum Gasteiger partial charge on any atom is -0.497 e. The van der Waals surface area contributed by atoms with E-state index >= 15 is 0 Å². The summed E-state index contributed by atoms with van der Waals surface area (Å²) in [5.74, 6) is 0.723. The van der Waals surface area contributed by atoms with E-state index in [0.29, 0.717) is 35.7 Å². The molecule has 1 aromatic carbocycles. The molecule has 2 N–H and O–H groups in total. The first-order valence-corrected chi connectivity index (χ1v) is 11.4. The van der Waals surface area contributed by atoms with Crippen molar-refractivity contribution in [2.45, 2.75) is 24.9 Å². The van der Waals surface area contributed by atoms with Crippen LogP contribution in [-0.4, -0.2) is 49.0 Å². The van der Waals surface area contributed by atoms with Crippen LogP contribution < -0.4 is 10.1 Å². The van der Waals surface area contributed by atoms with E-state index in [4.69, 9.17) is 9.15 Å². The first-order valence-electron chi connectivity index (χ1n) is 9.94. The van der Waals surface area contributed by atoms with Crippen molar-refractivity contribution in [3.05, 3.63) is 48.2 Å². The average Bonchev–Trinajstić information content (AvgIpc) is 3.44. The summed E-state index contributed by atoms with van der Waals surface area (Å²) in [5, 5.41) is 9.65. The van der Waals surface area contributed by atoms with E-state index in [1.165, 1.54) is 10.4 Å². The molecule has 164 valence electrons. The Hall–Kier alpha value is -3.11. The number of amides is 1. The highest BCUT2D eigenvalue weighted by Gasteiger charge is 2.34. The van der Waals surface area contributed by atoms with Crippen molar-refractivity contribution in [1.29, 1.82) is 0 Å². The van der Waals surface area contributed by atoms with E-state index < -0.39 is 10.0 Å². The number of hydrogen-bond donors (Lipinski definition) is 2. The first-order chi connectivity index (χ1) is 14.9. The second-order valence-electron chi connectivity index (χ2n) is 7.45. The van der Waals surface area contributed by atoms with E-state index in [1.54, 1.807) is 43.5 Å². The molecule has 0 atom stereocenters. The van der Waals surface area contributed by atoms with Crippen LogP contribution in [0.15, 0.2) is 52.0 Å². The zero-order valence-electron chi connectivity index (χ0n) is 17.3. The van der Waals surface area contributed by atoms with Crippen molar-refractivity contribution >= 4 is 21.6 Å². The summed E-state index contributed by atoms with van der Waals surface area (Å²) >= 11 is 0. The fourth-order valence-electron chi connectivity index (χ4n) is 3.54. The molecule has 1 aliphatic rings. The molecular weight excluding hydrogens is 420 g/mol. The third-order valence-corrected chi connectivity index (χ3v) is 7.09. The molecule has 0 aliphatic carbocycles. The molecule has 3 heterocycles. The number of carbonyl (C=O) groups is 1. The normalized spacial score (nSPS) is 15.7. The number of H-pyrrole nitrogens is 1. The number of aromatic amines is 1. The number of piperidine rings is 1.